The quantitative estimate of drug-likeness (QED) is 0.866. The van der Waals surface area contributed by atoms with Crippen molar-refractivity contribution in [3.05, 3.63) is 47.8 Å². The molecule has 3 rings (SSSR count). The number of nitrogens with zero attached hydrogens (tertiary/aromatic N) is 4. The summed E-state index contributed by atoms with van der Waals surface area (Å²) in [6, 6.07) is 10.3. The fourth-order valence-electron chi connectivity index (χ4n) is 2.76. The van der Waals surface area contributed by atoms with Gasteiger partial charge in [0.1, 0.15) is 11.6 Å². The standard InChI is InChI=1S/C17H22N4O/c1-14-6-7-15-13-21(16-5-3-4-8-18-16)10-9-20(11-12-22-2)17(15)19-14/h3-8H,9-13H2,1-2H3. The van der Waals surface area contributed by atoms with Gasteiger partial charge in [-0.3, -0.25) is 0 Å². The Morgan fingerprint density at radius 1 is 1.18 bits per heavy atom. The molecule has 0 aliphatic carbocycles. The van der Waals surface area contributed by atoms with Crippen LogP contribution in [0.4, 0.5) is 11.6 Å². The van der Waals surface area contributed by atoms with Crippen LogP contribution in [-0.2, 0) is 11.3 Å². The van der Waals surface area contributed by atoms with E-state index in [-0.39, 0.29) is 0 Å². The average molecular weight is 298 g/mol. The lowest BCUT2D eigenvalue weighted by Gasteiger charge is -2.24. The SMILES string of the molecule is COCCN1CCN(c2ccccn2)Cc2ccc(C)nc21. The molecule has 0 amide bonds. The lowest BCUT2D eigenvalue weighted by molar-refractivity contribution is 0.205. The molecule has 0 N–H and O–H groups in total. The maximum Gasteiger partial charge on any atom is 0.133 e. The number of ether oxygens (including phenoxy) is 1. The third-order valence-corrected chi connectivity index (χ3v) is 3.93. The van der Waals surface area contributed by atoms with Crippen LogP contribution in [0.25, 0.3) is 0 Å². The van der Waals surface area contributed by atoms with Crippen molar-refractivity contribution in [3.8, 4) is 0 Å². The lowest BCUT2D eigenvalue weighted by atomic mass is 10.2. The minimum absolute atomic E-state index is 0.707. The molecule has 0 atom stereocenters. The van der Waals surface area contributed by atoms with E-state index in [4.69, 9.17) is 9.72 Å². The van der Waals surface area contributed by atoms with Crippen LogP contribution in [0.5, 0.6) is 0 Å². The van der Waals surface area contributed by atoms with Crippen molar-refractivity contribution < 1.29 is 4.74 Å². The molecule has 0 fully saturated rings. The molecule has 3 heterocycles. The highest BCUT2D eigenvalue weighted by atomic mass is 16.5. The normalized spacial score (nSPS) is 14.6. The average Bonchev–Trinajstić information content (AvgIpc) is 2.73. The molecule has 2 aromatic rings. The zero-order valence-electron chi connectivity index (χ0n) is 13.2. The van der Waals surface area contributed by atoms with Crippen molar-refractivity contribution >= 4 is 11.6 Å². The Hall–Kier alpha value is -2.14. The first-order valence-corrected chi connectivity index (χ1v) is 7.64. The molecule has 0 saturated carbocycles. The monoisotopic (exact) mass is 298 g/mol. The van der Waals surface area contributed by atoms with Gasteiger partial charge in [0, 0.05) is 50.7 Å². The third-order valence-electron chi connectivity index (χ3n) is 3.93. The van der Waals surface area contributed by atoms with Crippen molar-refractivity contribution in [2.24, 2.45) is 0 Å². The smallest absolute Gasteiger partial charge is 0.133 e. The van der Waals surface area contributed by atoms with E-state index in [0.717, 1.165) is 43.5 Å². The zero-order chi connectivity index (χ0) is 15.4. The Morgan fingerprint density at radius 3 is 2.86 bits per heavy atom. The Labute approximate surface area is 131 Å². The number of hydrogen-bond acceptors (Lipinski definition) is 5. The summed E-state index contributed by atoms with van der Waals surface area (Å²) < 4.78 is 5.25. The predicted molar refractivity (Wildman–Crippen MR) is 88.4 cm³/mol. The summed E-state index contributed by atoms with van der Waals surface area (Å²) in [5.74, 6) is 2.10. The maximum absolute atomic E-state index is 5.25. The second-order valence-corrected chi connectivity index (χ2v) is 5.52. The molecule has 0 aromatic carbocycles. The molecule has 0 radical (unpaired) electrons. The Morgan fingerprint density at radius 2 is 2.09 bits per heavy atom. The predicted octanol–water partition coefficient (Wildman–Crippen LogP) is 2.26. The van der Waals surface area contributed by atoms with Gasteiger partial charge in [0.2, 0.25) is 0 Å². The number of aromatic nitrogens is 2. The van der Waals surface area contributed by atoms with Crippen molar-refractivity contribution in [2.45, 2.75) is 13.5 Å². The summed E-state index contributed by atoms with van der Waals surface area (Å²) in [6.45, 7) is 6.29. The van der Waals surface area contributed by atoms with E-state index < -0.39 is 0 Å². The van der Waals surface area contributed by atoms with Gasteiger partial charge in [-0.25, -0.2) is 9.97 Å². The Balaban J connectivity index is 1.90. The summed E-state index contributed by atoms with van der Waals surface area (Å²) in [7, 11) is 1.74. The highest BCUT2D eigenvalue weighted by molar-refractivity contribution is 5.53. The number of rotatable bonds is 4. The van der Waals surface area contributed by atoms with Crippen LogP contribution in [-0.4, -0.2) is 43.3 Å². The van der Waals surface area contributed by atoms with Gasteiger partial charge in [-0.1, -0.05) is 12.1 Å². The van der Waals surface area contributed by atoms with Crippen molar-refractivity contribution in [1.29, 1.82) is 0 Å². The number of methoxy groups -OCH3 is 1. The van der Waals surface area contributed by atoms with Crippen molar-refractivity contribution in [2.75, 3.05) is 43.2 Å². The van der Waals surface area contributed by atoms with Crippen molar-refractivity contribution in [3.63, 3.8) is 0 Å². The van der Waals surface area contributed by atoms with E-state index in [1.54, 1.807) is 7.11 Å². The molecule has 1 aliphatic heterocycles. The van der Waals surface area contributed by atoms with Gasteiger partial charge < -0.3 is 14.5 Å². The van der Waals surface area contributed by atoms with Gasteiger partial charge in [-0.05, 0) is 25.1 Å². The molecule has 5 nitrogen and oxygen atoms in total. The second-order valence-electron chi connectivity index (χ2n) is 5.52. The van der Waals surface area contributed by atoms with Gasteiger partial charge in [-0.2, -0.15) is 0 Å². The third kappa shape index (κ3) is 3.20. The molecule has 0 saturated heterocycles. The van der Waals surface area contributed by atoms with Crippen LogP contribution in [0.15, 0.2) is 36.5 Å². The summed E-state index contributed by atoms with van der Waals surface area (Å²) in [4.78, 5) is 13.9. The van der Waals surface area contributed by atoms with E-state index in [2.05, 4.69) is 33.0 Å². The summed E-state index contributed by atoms with van der Waals surface area (Å²) in [5.41, 5.74) is 2.29. The number of fused-ring (bicyclic) bond motifs is 1. The molecule has 116 valence electrons. The first-order valence-electron chi connectivity index (χ1n) is 7.64. The van der Waals surface area contributed by atoms with Crippen LogP contribution < -0.4 is 9.80 Å². The molecule has 0 spiro atoms. The lowest BCUT2D eigenvalue weighted by Crippen LogP contribution is -2.34. The van der Waals surface area contributed by atoms with Crippen LogP contribution in [0.3, 0.4) is 0 Å². The minimum Gasteiger partial charge on any atom is -0.383 e. The summed E-state index contributed by atoms with van der Waals surface area (Å²) in [6.07, 6.45) is 1.84. The fraction of sp³-hybridized carbons (Fsp3) is 0.412. The second kappa shape index (κ2) is 6.75. The van der Waals surface area contributed by atoms with Crippen LogP contribution in [0, 0.1) is 6.92 Å². The molecule has 5 heteroatoms. The van der Waals surface area contributed by atoms with Crippen LogP contribution >= 0.6 is 0 Å². The molecule has 0 unspecified atom stereocenters. The fourth-order valence-corrected chi connectivity index (χ4v) is 2.76. The molecule has 2 aromatic heterocycles. The van der Waals surface area contributed by atoms with E-state index in [1.807, 2.05) is 25.3 Å². The van der Waals surface area contributed by atoms with E-state index >= 15 is 0 Å². The topological polar surface area (TPSA) is 41.5 Å². The minimum atomic E-state index is 0.707. The first kappa shape index (κ1) is 14.8. The summed E-state index contributed by atoms with van der Waals surface area (Å²) >= 11 is 0. The molecular formula is C17H22N4O. The molecule has 1 aliphatic rings. The highest BCUT2D eigenvalue weighted by Gasteiger charge is 2.21. The maximum atomic E-state index is 5.25. The molecule has 0 bridgehead atoms. The van der Waals surface area contributed by atoms with Crippen LogP contribution in [0.2, 0.25) is 0 Å². The van der Waals surface area contributed by atoms with Gasteiger partial charge >= 0.3 is 0 Å². The van der Waals surface area contributed by atoms with E-state index in [9.17, 15) is 0 Å². The Bertz CT molecular complexity index is 617. The number of anilines is 2. The van der Waals surface area contributed by atoms with E-state index in [0.29, 0.717) is 6.61 Å². The Kier molecular flexibility index (Phi) is 4.53. The number of aryl methyl sites for hydroxylation is 1. The molecule has 22 heavy (non-hydrogen) atoms. The van der Waals surface area contributed by atoms with Gasteiger partial charge in [-0.15, -0.1) is 0 Å². The van der Waals surface area contributed by atoms with Gasteiger partial charge in [0.05, 0.1) is 6.61 Å². The van der Waals surface area contributed by atoms with E-state index in [1.165, 1.54) is 5.56 Å². The summed E-state index contributed by atoms with van der Waals surface area (Å²) in [5, 5.41) is 0. The first-order chi connectivity index (χ1) is 10.8. The van der Waals surface area contributed by atoms with Crippen molar-refractivity contribution in [1.82, 2.24) is 9.97 Å². The number of pyridine rings is 2. The van der Waals surface area contributed by atoms with Crippen LogP contribution in [0.1, 0.15) is 11.3 Å². The van der Waals surface area contributed by atoms with Gasteiger partial charge in [0.25, 0.3) is 0 Å². The largest absolute Gasteiger partial charge is 0.383 e. The van der Waals surface area contributed by atoms with Gasteiger partial charge in [0.15, 0.2) is 0 Å². The number of hydrogen-bond donors (Lipinski definition) is 0. The highest BCUT2D eigenvalue weighted by Crippen LogP contribution is 2.25. The zero-order valence-corrected chi connectivity index (χ0v) is 13.2. The molecular weight excluding hydrogens is 276 g/mol.